The number of piperidine rings is 1. The topological polar surface area (TPSA) is 162 Å². The molecule has 3 atom stereocenters. The van der Waals surface area contributed by atoms with Gasteiger partial charge in [0.15, 0.2) is 0 Å². The fraction of sp³-hybridized carbons (Fsp3) is 0.385. The maximum absolute atomic E-state index is 13.8. The lowest BCUT2D eigenvalue weighted by Crippen LogP contribution is -2.61. The molecule has 0 bridgehead atoms. The molecule has 1 unspecified atom stereocenters. The van der Waals surface area contributed by atoms with Crippen LogP contribution in [0.15, 0.2) is 46.9 Å². The van der Waals surface area contributed by atoms with Crippen LogP contribution in [0, 0.1) is 5.82 Å². The van der Waals surface area contributed by atoms with E-state index in [9.17, 15) is 32.0 Å². The van der Waals surface area contributed by atoms with Crippen LogP contribution in [0.5, 0.6) is 0 Å². The summed E-state index contributed by atoms with van der Waals surface area (Å²) in [7, 11) is -4.43. The van der Waals surface area contributed by atoms with E-state index in [2.05, 4.69) is 21.2 Å². The van der Waals surface area contributed by atoms with Gasteiger partial charge < -0.3 is 20.1 Å². The lowest BCUT2D eigenvalue weighted by atomic mass is 9.95. The molecule has 0 saturated carbocycles. The number of sulfonamides is 1. The van der Waals surface area contributed by atoms with Crippen LogP contribution in [0.25, 0.3) is 0 Å². The molecule has 218 valence electrons. The molecule has 5 rings (SSSR count). The molecule has 4 amide bonds. The summed E-state index contributed by atoms with van der Waals surface area (Å²) in [5.41, 5.74) is 0.270. The van der Waals surface area contributed by atoms with Gasteiger partial charge >= 0.3 is 12.2 Å². The Bertz CT molecular complexity index is 1520. The Kier molecular flexibility index (Phi) is 7.78. The minimum absolute atomic E-state index is 0.0112. The largest absolute Gasteiger partial charge is 0.464 e. The number of hydrogen-bond acceptors (Lipinski definition) is 8. The summed E-state index contributed by atoms with van der Waals surface area (Å²) >= 11 is 3.39. The molecule has 2 fully saturated rings. The van der Waals surface area contributed by atoms with E-state index in [1.807, 2.05) is 6.07 Å². The predicted octanol–water partition coefficient (Wildman–Crippen LogP) is 2.07. The highest BCUT2D eigenvalue weighted by Gasteiger charge is 2.58. The predicted molar refractivity (Wildman–Crippen MR) is 144 cm³/mol. The van der Waals surface area contributed by atoms with Crippen molar-refractivity contribution in [3.05, 3.63) is 69.4 Å². The van der Waals surface area contributed by atoms with E-state index >= 15 is 0 Å². The maximum Gasteiger partial charge on any atom is 0.418 e. The van der Waals surface area contributed by atoms with Crippen LogP contribution in [0.3, 0.4) is 0 Å². The van der Waals surface area contributed by atoms with E-state index in [4.69, 9.17) is 9.84 Å². The Morgan fingerprint density at radius 2 is 1.95 bits per heavy atom. The van der Waals surface area contributed by atoms with Crippen LogP contribution in [-0.4, -0.2) is 78.3 Å². The van der Waals surface area contributed by atoms with Crippen molar-refractivity contribution in [3.63, 3.8) is 0 Å². The molecule has 2 aliphatic heterocycles. The first-order valence-corrected chi connectivity index (χ1v) is 15.1. The maximum atomic E-state index is 13.8. The number of fused-ring (bicyclic) bond motifs is 2. The van der Waals surface area contributed by atoms with Crippen molar-refractivity contribution in [2.75, 3.05) is 19.6 Å². The van der Waals surface area contributed by atoms with E-state index in [1.165, 1.54) is 29.2 Å². The molecule has 0 aromatic heterocycles. The first kappa shape index (κ1) is 29.0. The number of halogens is 2. The van der Waals surface area contributed by atoms with E-state index < -0.39 is 63.3 Å². The van der Waals surface area contributed by atoms with Crippen LogP contribution in [0.4, 0.5) is 14.0 Å². The van der Waals surface area contributed by atoms with Gasteiger partial charge in [0.05, 0.1) is 6.04 Å². The Morgan fingerprint density at radius 3 is 2.66 bits per heavy atom. The number of carboxylic acid groups (broad SMARTS) is 1. The summed E-state index contributed by atoms with van der Waals surface area (Å²) in [6, 6.07) is 9.38. The fourth-order valence-corrected chi connectivity index (χ4v) is 7.60. The third kappa shape index (κ3) is 5.53. The van der Waals surface area contributed by atoms with Gasteiger partial charge in [0.1, 0.15) is 17.6 Å². The molecule has 2 saturated heterocycles. The quantitative estimate of drug-likeness (QED) is 0.406. The molecular formula is C26H26BrFN4O8S. The molecule has 3 N–H and O–H groups in total. The van der Waals surface area contributed by atoms with Gasteiger partial charge in [0, 0.05) is 29.5 Å². The van der Waals surface area contributed by atoms with Crippen molar-refractivity contribution in [3.8, 4) is 0 Å². The third-order valence-corrected chi connectivity index (χ3v) is 9.92. The number of nitrogens with one attached hydrogen (secondary N) is 2. The molecule has 0 radical (unpaired) electrons. The lowest BCUT2D eigenvalue weighted by Gasteiger charge is -2.40. The molecule has 41 heavy (non-hydrogen) atoms. The number of nitrogens with zero attached hydrogens (tertiary/aromatic N) is 2. The van der Waals surface area contributed by atoms with Crippen molar-refractivity contribution in [1.29, 1.82) is 0 Å². The number of imide groups is 1. The van der Waals surface area contributed by atoms with Gasteiger partial charge in [0.25, 0.3) is 5.91 Å². The number of benzene rings is 2. The minimum atomic E-state index is -4.43. The van der Waals surface area contributed by atoms with E-state index in [1.54, 1.807) is 16.9 Å². The molecule has 1 spiro atoms. The Balaban J connectivity index is 1.45. The molecule has 3 aliphatic rings. The molecular weight excluding hydrogens is 627 g/mol. The normalized spacial score (nSPS) is 23.8. The summed E-state index contributed by atoms with van der Waals surface area (Å²) < 4.78 is 47.4. The number of carbonyl (C=O) groups excluding carboxylic acids is 3. The van der Waals surface area contributed by atoms with Crippen molar-refractivity contribution in [1.82, 2.24) is 19.8 Å². The van der Waals surface area contributed by atoms with Crippen molar-refractivity contribution in [2.45, 2.75) is 42.7 Å². The van der Waals surface area contributed by atoms with E-state index in [0.717, 1.165) is 10.0 Å². The van der Waals surface area contributed by atoms with E-state index in [0.29, 0.717) is 22.4 Å². The van der Waals surface area contributed by atoms with Gasteiger partial charge in [-0.05, 0) is 54.8 Å². The second kappa shape index (κ2) is 11.0. The number of ether oxygens (including phenoxy) is 1. The zero-order valence-electron chi connectivity index (χ0n) is 21.5. The highest BCUT2D eigenvalue weighted by molar-refractivity contribution is 9.10. The number of carbonyl (C=O) groups is 4. The minimum Gasteiger partial charge on any atom is -0.464 e. The van der Waals surface area contributed by atoms with Crippen LogP contribution in [-0.2, 0) is 42.9 Å². The SMILES string of the molecule is O=C(O)NS(=O)(=O)C1CCNC[C@H]1N(Cc1ccc(F)cc1)C(=O)CN1C(=O)O[C@@]2(CCc3cc(Br)ccc32)C1=O. The molecule has 15 heteroatoms. The summed E-state index contributed by atoms with van der Waals surface area (Å²) in [5, 5.41) is 10.8. The van der Waals surface area contributed by atoms with Crippen LogP contribution >= 0.6 is 15.9 Å². The number of amides is 4. The van der Waals surface area contributed by atoms with Crippen molar-refractivity contribution in [2.24, 2.45) is 0 Å². The smallest absolute Gasteiger partial charge is 0.418 e. The van der Waals surface area contributed by atoms with Gasteiger partial charge in [-0.1, -0.05) is 34.1 Å². The molecule has 2 aromatic carbocycles. The Hall–Kier alpha value is -3.56. The van der Waals surface area contributed by atoms with Crippen molar-refractivity contribution < 1.29 is 41.8 Å². The lowest BCUT2D eigenvalue weighted by molar-refractivity contribution is -0.143. The van der Waals surface area contributed by atoms with Crippen LogP contribution < -0.4 is 10.0 Å². The number of hydrogen-bond donors (Lipinski definition) is 3. The first-order chi connectivity index (χ1) is 19.4. The summed E-state index contributed by atoms with van der Waals surface area (Å²) in [5.74, 6) is -1.98. The second-order valence-electron chi connectivity index (χ2n) is 10.1. The molecule has 2 heterocycles. The molecule has 12 nitrogen and oxygen atoms in total. The summed E-state index contributed by atoms with van der Waals surface area (Å²) in [6.45, 7) is -0.691. The van der Waals surface area contributed by atoms with Crippen molar-refractivity contribution >= 4 is 50.0 Å². The average molecular weight is 653 g/mol. The second-order valence-corrected chi connectivity index (χ2v) is 12.9. The van der Waals surface area contributed by atoms with Crippen LogP contribution in [0.2, 0.25) is 0 Å². The standard InChI is InChI=1S/C26H26BrFN4O8S/c27-17-3-6-19-16(11-17)7-9-26(19)23(34)32(25(37)40-26)14-22(33)31(13-15-1-4-18(28)5-2-15)20-12-29-10-8-21(20)41(38,39)30-24(35)36/h1-6,11,20-21,29-30H,7-10,12-14H2,(H,35,36)/t20-,21?,26-/m1/s1. The van der Waals surface area contributed by atoms with Gasteiger partial charge in [-0.25, -0.2) is 32.0 Å². The first-order valence-electron chi connectivity index (χ1n) is 12.7. The Morgan fingerprint density at radius 1 is 1.22 bits per heavy atom. The number of rotatable bonds is 7. The summed E-state index contributed by atoms with van der Waals surface area (Å²) in [4.78, 5) is 53.5. The van der Waals surface area contributed by atoms with Gasteiger partial charge in [0.2, 0.25) is 21.5 Å². The van der Waals surface area contributed by atoms with Gasteiger partial charge in [-0.15, -0.1) is 0 Å². The zero-order chi connectivity index (χ0) is 29.5. The van der Waals surface area contributed by atoms with E-state index in [-0.39, 0.29) is 32.5 Å². The number of aryl methyl sites for hydroxylation is 1. The highest BCUT2D eigenvalue weighted by Crippen LogP contribution is 2.46. The fourth-order valence-electron chi connectivity index (χ4n) is 5.71. The zero-order valence-corrected chi connectivity index (χ0v) is 23.9. The average Bonchev–Trinajstić information content (AvgIpc) is 3.39. The summed E-state index contributed by atoms with van der Waals surface area (Å²) in [6.07, 6.45) is -2.09. The molecule has 1 aliphatic carbocycles. The van der Waals surface area contributed by atoms with Crippen LogP contribution in [0.1, 0.15) is 29.5 Å². The molecule has 2 aromatic rings. The highest BCUT2D eigenvalue weighted by atomic mass is 79.9. The Labute approximate surface area is 243 Å². The van der Waals surface area contributed by atoms with Gasteiger partial charge in [-0.3, -0.25) is 9.59 Å². The monoisotopic (exact) mass is 652 g/mol. The van der Waals surface area contributed by atoms with Gasteiger partial charge in [-0.2, -0.15) is 0 Å². The third-order valence-electron chi connectivity index (χ3n) is 7.62.